The van der Waals surface area contributed by atoms with Gasteiger partial charge in [0.15, 0.2) is 5.96 Å². The number of guanidine groups is 1. The highest BCUT2D eigenvalue weighted by Gasteiger charge is 2.30. The Labute approximate surface area is 190 Å². The largest absolute Gasteiger partial charge is 0.497 e. The van der Waals surface area contributed by atoms with E-state index in [9.17, 15) is 4.79 Å². The molecule has 3 rings (SSSR count). The number of ether oxygens (including phenoxy) is 2. The number of piperazine rings is 1. The zero-order valence-electron chi connectivity index (χ0n) is 17.4. The zero-order valence-corrected chi connectivity index (χ0v) is 19.8. The predicted octanol–water partition coefficient (Wildman–Crippen LogP) is 2.14. The van der Waals surface area contributed by atoms with E-state index < -0.39 is 0 Å². The molecular weight excluding hydrogens is 483 g/mol. The summed E-state index contributed by atoms with van der Waals surface area (Å²) < 4.78 is 10.7. The van der Waals surface area contributed by atoms with Gasteiger partial charge in [0.1, 0.15) is 11.9 Å². The Morgan fingerprint density at radius 1 is 1.21 bits per heavy atom. The summed E-state index contributed by atoms with van der Waals surface area (Å²) in [5.74, 6) is 1.96. The summed E-state index contributed by atoms with van der Waals surface area (Å²) in [7, 11) is 3.50. The third-order valence-electron chi connectivity index (χ3n) is 5.39. The van der Waals surface area contributed by atoms with E-state index in [4.69, 9.17) is 9.47 Å². The molecule has 2 aliphatic heterocycles. The number of carbonyl (C=O) groups excluding carboxylic acids is 1. The number of rotatable bonds is 6. The molecule has 0 spiro atoms. The third-order valence-corrected chi connectivity index (χ3v) is 5.39. The molecule has 8 heteroatoms. The lowest BCUT2D eigenvalue weighted by Crippen LogP contribution is -2.55. The molecule has 7 nitrogen and oxygen atoms in total. The first-order chi connectivity index (χ1) is 13.7. The molecule has 0 bridgehead atoms. The first-order valence-corrected chi connectivity index (χ1v) is 10.2. The summed E-state index contributed by atoms with van der Waals surface area (Å²) in [5, 5.41) is 3.45. The maximum absolute atomic E-state index is 12.5. The molecule has 162 valence electrons. The van der Waals surface area contributed by atoms with E-state index in [0.29, 0.717) is 6.61 Å². The van der Waals surface area contributed by atoms with Crippen molar-refractivity contribution in [3.05, 3.63) is 29.8 Å². The maximum atomic E-state index is 12.5. The highest BCUT2D eigenvalue weighted by molar-refractivity contribution is 14.0. The molecule has 1 atom stereocenters. The molecule has 2 heterocycles. The Balaban J connectivity index is 0.00000300. The van der Waals surface area contributed by atoms with Crippen LogP contribution in [0.15, 0.2) is 29.3 Å². The van der Waals surface area contributed by atoms with Crippen molar-refractivity contribution in [3.63, 3.8) is 0 Å². The van der Waals surface area contributed by atoms with Crippen LogP contribution in [0.5, 0.6) is 5.75 Å². The lowest BCUT2D eigenvalue weighted by atomic mass is 10.1. The Kier molecular flexibility index (Phi) is 9.99. The molecule has 0 aromatic heterocycles. The Bertz CT molecular complexity index is 654. The molecule has 1 amide bonds. The smallest absolute Gasteiger partial charge is 0.251 e. The van der Waals surface area contributed by atoms with Crippen LogP contribution in [-0.2, 0) is 16.0 Å². The number of nitrogens with zero attached hydrogens (tertiary/aromatic N) is 3. The third kappa shape index (κ3) is 6.74. The van der Waals surface area contributed by atoms with Crippen LogP contribution in [0, 0.1) is 0 Å². The minimum atomic E-state index is -0.220. The molecule has 1 aromatic rings. The number of benzene rings is 1. The van der Waals surface area contributed by atoms with E-state index in [1.165, 1.54) is 5.56 Å². The molecule has 2 aliphatic rings. The number of nitrogens with one attached hydrogen (secondary N) is 1. The van der Waals surface area contributed by atoms with Crippen LogP contribution < -0.4 is 10.1 Å². The van der Waals surface area contributed by atoms with Crippen molar-refractivity contribution in [1.82, 2.24) is 15.1 Å². The van der Waals surface area contributed by atoms with Crippen LogP contribution in [0.4, 0.5) is 0 Å². The second-order valence-corrected chi connectivity index (χ2v) is 7.24. The van der Waals surface area contributed by atoms with Crippen LogP contribution >= 0.6 is 24.0 Å². The fourth-order valence-electron chi connectivity index (χ4n) is 3.73. The lowest BCUT2D eigenvalue weighted by Gasteiger charge is -2.37. The van der Waals surface area contributed by atoms with Crippen LogP contribution in [0.1, 0.15) is 24.8 Å². The highest BCUT2D eigenvalue weighted by atomic mass is 127. The normalized spacial score (nSPS) is 19.7. The molecule has 2 fully saturated rings. The van der Waals surface area contributed by atoms with Gasteiger partial charge in [-0.05, 0) is 43.4 Å². The standard InChI is InChI=1S/C21H32N4O3.HI/c1-22-21(23-11-3-5-17-7-9-18(27-2)10-8-17)25-14-12-24(13-15-25)20(26)19-6-4-16-28-19;/h7-10,19H,3-6,11-16H2,1-2H3,(H,22,23);1H. The van der Waals surface area contributed by atoms with Crippen LogP contribution in [0.2, 0.25) is 0 Å². The second-order valence-electron chi connectivity index (χ2n) is 7.24. The van der Waals surface area contributed by atoms with E-state index in [0.717, 1.165) is 70.1 Å². The fourth-order valence-corrected chi connectivity index (χ4v) is 3.73. The van der Waals surface area contributed by atoms with Gasteiger partial charge in [-0.1, -0.05) is 12.1 Å². The number of aryl methyl sites for hydroxylation is 1. The minimum absolute atomic E-state index is 0. The van der Waals surface area contributed by atoms with Crippen molar-refractivity contribution in [2.75, 3.05) is 53.5 Å². The summed E-state index contributed by atoms with van der Waals surface area (Å²) in [6, 6.07) is 8.22. The van der Waals surface area contributed by atoms with E-state index in [2.05, 4.69) is 27.3 Å². The number of methoxy groups -OCH3 is 1. The first-order valence-electron chi connectivity index (χ1n) is 10.2. The van der Waals surface area contributed by atoms with Gasteiger partial charge in [-0.3, -0.25) is 9.79 Å². The number of carbonyl (C=O) groups is 1. The molecule has 1 aromatic carbocycles. The van der Waals surface area contributed by atoms with Crippen LogP contribution in [0.3, 0.4) is 0 Å². The van der Waals surface area contributed by atoms with Gasteiger partial charge in [0.2, 0.25) is 0 Å². The molecule has 0 saturated carbocycles. The van der Waals surface area contributed by atoms with Gasteiger partial charge in [-0.2, -0.15) is 0 Å². The monoisotopic (exact) mass is 516 g/mol. The van der Waals surface area contributed by atoms with Gasteiger partial charge >= 0.3 is 0 Å². The summed E-state index contributed by atoms with van der Waals surface area (Å²) in [6.07, 6.45) is 3.67. The quantitative estimate of drug-likeness (QED) is 0.272. The van der Waals surface area contributed by atoms with Crippen molar-refractivity contribution in [2.45, 2.75) is 31.8 Å². The first kappa shape index (κ1) is 23.7. The topological polar surface area (TPSA) is 66.4 Å². The van der Waals surface area contributed by atoms with E-state index in [-0.39, 0.29) is 36.0 Å². The average molecular weight is 516 g/mol. The lowest BCUT2D eigenvalue weighted by molar-refractivity contribution is -0.142. The summed E-state index contributed by atoms with van der Waals surface area (Å²) in [6.45, 7) is 4.64. The van der Waals surface area contributed by atoms with Gasteiger partial charge in [0, 0.05) is 46.4 Å². The number of hydrogen-bond donors (Lipinski definition) is 1. The average Bonchev–Trinajstić information content (AvgIpc) is 3.29. The predicted molar refractivity (Wildman–Crippen MR) is 125 cm³/mol. The molecule has 29 heavy (non-hydrogen) atoms. The Hall–Kier alpha value is -1.55. The van der Waals surface area contributed by atoms with E-state index >= 15 is 0 Å². The van der Waals surface area contributed by atoms with Gasteiger partial charge in [0.05, 0.1) is 7.11 Å². The number of aliphatic imine (C=N–C) groups is 1. The van der Waals surface area contributed by atoms with Gasteiger partial charge in [-0.15, -0.1) is 24.0 Å². The zero-order chi connectivity index (χ0) is 19.8. The summed E-state index contributed by atoms with van der Waals surface area (Å²) >= 11 is 0. The van der Waals surface area contributed by atoms with Crippen molar-refractivity contribution in [2.24, 2.45) is 4.99 Å². The molecular formula is C21H33IN4O3. The van der Waals surface area contributed by atoms with Crippen LogP contribution in [-0.4, -0.2) is 81.3 Å². The van der Waals surface area contributed by atoms with Gasteiger partial charge in [0.25, 0.3) is 5.91 Å². The van der Waals surface area contributed by atoms with Crippen molar-refractivity contribution < 1.29 is 14.3 Å². The van der Waals surface area contributed by atoms with Crippen molar-refractivity contribution >= 4 is 35.8 Å². The Morgan fingerprint density at radius 2 is 1.90 bits per heavy atom. The van der Waals surface area contributed by atoms with Crippen LogP contribution in [0.25, 0.3) is 0 Å². The van der Waals surface area contributed by atoms with Gasteiger partial charge in [-0.25, -0.2) is 0 Å². The molecule has 0 aliphatic carbocycles. The summed E-state index contributed by atoms with van der Waals surface area (Å²) in [5.41, 5.74) is 1.30. The van der Waals surface area contributed by atoms with Crippen molar-refractivity contribution in [1.29, 1.82) is 0 Å². The molecule has 0 radical (unpaired) electrons. The fraction of sp³-hybridized carbons (Fsp3) is 0.619. The summed E-state index contributed by atoms with van der Waals surface area (Å²) in [4.78, 5) is 21.0. The molecule has 2 saturated heterocycles. The highest BCUT2D eigenvalue weighted by Crippen LogP contribution is 2.16. The van der Waals surface area contributed by atoms with E-state index in [1.807, 2.05) is 24.1 Å². The Morgan fingerprint density at radius 3 is 2.48 bits per heavy atom. The van der Waals surface area contributed by atoms with Gasteiger partial charge < -0.3 is 24.6 Å². The minimum Gasteiger partial charge on any atom is -0.497 e. The molecule has 1 N–H and O–H groups in total. The number of hydrogen-bond acceptors (Lipinski definition) is 4. The van der Waals surface area contributed by atoms with Crippen molar-refractivity contribution in [3.8, 4) is 5.75 Å². The number of amides is 1. The SMILES string of the molecule is CN=C(NCCCc1ccc(OC)cc1)N1CCN(C(=O)C2CCCO2)CC1.I. The number of halogens is 1. The molecule has 1 unspecified atom stereocenters. The second kappa shape index (κ2) is 12.2. The maximum Gasteiger partial charge on any atom is 0.251 e. The van der Waals surface area contributed by atoms with E-state index in [1.54, 1.807) is 7.11 Å².